The van der Waals surface area contributed by atoms with E-state index in [0.29, 0.717) is 9.52 Å². The molecule has 0 spiro atoms. The minimum atomic E-state index is 0.139. The minimum absolute atomic E-state index is 0.139. The van der Waals surface area contributed by atoms with Crippen molar-refractivity contribution in [2.75, 3.05) is 5.73 Å². The van der Waals surface area contributed by atoms with E-state index in [9.17, 15) is 0 Å². The number of nitrogens with zero attached hydrogens (tertiary/aromatic N) is 2. The molecule has 0 saturated carbocycles. The first-order valence-electron chi connectivity index (χ1n) is 2.25. The topological polar surface area (TPSA) is 51.8 Å². The Morgan fingerprint density at radius 3 is 2.20 bits per heavy atom. The summed E-state index contributed by atoms with van der Waals surface area (Å²) in [5, 5.41) is 0.319. The normalized spacial score (nSPS) is 9.90. The average Bonchev–Trinajstić information content (AvgIpc) is 1.84. The molecule has 0 fully saturated rings. The van der Waals surface area contributed by atoms with Gasteiger partial charge in [0, 0.05) is 0 Å². The number of anilines is 1. The van der Waals surface area contributed by atoms with Crippen molar-refractivity contribution in [1.82, 2.24) is 9.97 Å². The van der Waals surface area contributed by atoms with Crippen LogP contribution in [0.3, 0.4) is 0 Å². The standard InChI is InChI=1S/C4H2Cl2IN3/c5-1-2(6)10-4(8)3(7)9-1/h(H2,8,10). The predicted octanol–water partition coefficient (Wildman–Crippen LogP) is 1.97. The van der Waals surface area contributed by atoms with Gasteiger partial charge in [0.1, 0.15) is 3.70 Å². The van der Waals surface area contributed by atoms with Crippen LogP contribution < -0.4 is 5.73 Å². The lowest BCUT2D eigenvalue weighted by molar-refractivity contribution is 1.17. The van der Waals surface area contributed by atoms with Crippen LogP contribution >= 0.6 is 45.8 Å². The maximum atomic E-state index is 5.52. The van der Waals surface area contributed by atoms with Crippen molar-refractivity contribution in [3.8, 4) is 0 Å². The highest BCUT2D eigenvalue weighted by Gasteiger charge is 2.04. The van der Waals surface area contributed by atoms with E-state index in [-0.39, 0.29) is 10.3 Å². The minimum Gasteiger partial charge on any atom is -0.381 e. The molecule has 2 N–H and O–H groups in total. The molecule has 0 aromatic carbocycles. The molecule has 54 valence electrons. The first-order valence-corrected chi connectivity index (χ1v) is 4.08. The second-order valence-corrected chi connectivity index (χ2v) is 3.22. The van der Waals surface area contributed by atoms with E-state index in [1.165, 1.54) is 0 Å². The van der Waals surface area contributed by atoms with Crippen molar-refractivity contribution in [1.29, 1.82) is 0 Å². The maximum Gasteiger partial charge on any atom is 0.168 e. The van der Waals surface area contributed by atoms with Crippen molar-refractivity contribution in [2.45, 2.75) is 0 Å². The van der Waals surface area contributed by atoms with Crippen LogP contribution in [0.1, 0.15) is 0 Å². The van der Waals surface area contributed by atoms with Gasteiger partial charge in [-0.05, 0) is 22.6 Å². The summed E-state index contributed by atoms with van der Waals surface area (Å²) in [6.45, 7) is 0. The maximum absolute atomic E-state index is 5.52. The molecule has 0 bridgehead atoms. The third kappa shape index (κ3) is 1.62. The first kappa shape index (κ1) is 8.29. The summed E-state index contributed by atoms with van der Waals surface area (Å²) in [5.41, 5.74) is 5.37. The van der Waals surface area contributed by atoms with Gasteiger partial charge in [-0.1, -0.05) is 23.2 Å². The van der Waals surface area contributed by atoms with Gasteiger partial charge in [0.05, 0.1) is 0 Å². The summed E-state index contributed by atoms with van der Waals surface area (Å²) in [5.74, 6) is 0.301. The van der Waals surface area contributed by atoms with E-state index in [1.54, 1.807) is 0 Å². The molecule has 1 rings (SSSR count). The summed E-state index contributed by atoms with van der Waals surface area (Å²) >= 11 is 12.9. The summed E-state index contributed by atoms with van der Waals surface area (Å²) in [6.07, 6.45) is 0. The Morgan fingerprint density at radius 1 is 1.20 bits per heavy atom. The molecule has 6 heteroatoms. The Morgan fingerprint density at radius 2 is 1.70 bits per heavy atom. The van der Waals surface area contributed by atoms with Gasteiger partial charge < -0.3 is 5.73 Å². The van der Waals surface area contributed by atoms with E-state index in [2.05, 4.69) is 9.97 Å². The molecular weight excluding hydrogens is 288 g/mol. The van der Waals surface area contributed by atoms with Crippen LogP contribution in [-0.4, -0.2) is 9.97 Å². The number of halogens is 3. The van der Waals surface area contributed by atoms with Gasteiger partial charge in [0.2, 0.25) is 0 Å². The zero-order valence-electron chi connectivity index (χ0n) is 4.61. The van der Waals surface area contributed by atoms with Gasteiger partial charge in [-0.15, -0.1) is 0 Å². The van der Waals surface area contributed by atoms with E-state index in [1.807, 2.05) is 22.6 Å². The number of nitrogen functional groups attached to an aromatic ring is 1. The van der Waals surface area contributed by atoms with Crippen molar-refractivity contribution in [3.05, 3.63) is 14.0 Å². The molecule has 0 aliphatic carbocycles. The van der Waals surface area contributed by atoms with Crippen LogP contribution in [0.25, 0.3) is 0 Å². The molecule has 0 aliphatic rings. The SMILES string of the molecule is Nc1nc(Cl)c(Cl)nc1I. The monoisotopic (exact) mass is 289 g/mol. The second-order valence-electron chi connectivity index (χ2n) is 1.48. The van der Waals surface area contributed by atoms with Crippen LogP contribution in [-0.2, 0) is 0 Å². The first-order chi connectivity index (χ1) is 4.61. The lowest BCUT2D eigenvalue weighted by Gasteiger charge is -1.97. The zero-order valence-corrected chi connectivity index (χ0v) is 8.28. The molecule has 1 aromatic rings. The Kier molecular flexibility index (Phi) is 2.54. The molecule has 0 amide bonds. The molecule has 0 atom stereocenters. The van der Waals surface area contributed by atoms with Crippen LogP contribution in [0.15, 0.2) is 0 Å². The smallest absolute Gasteiger partial charge is 0.168 e. The fraction of sp³-hybridized carbons (Fsp3) is 0. The summed E-state index contributed by atoms with van der Waals surface area (Å²) in [4.78, 5) is 7.52. The molecule has 0 unspecified atom stereocenters. The van der Waals surface area contributed by atoms with Gasteiger partial charge in [-0.25, -0.2) is 9.97 Å². The fourth-order valence-corrected chi connectivity index (χ4v) is 1.15. The Hall–Kier alpha value is 0.190. The Bertz CT molecular complexity index is 215. The van der Waals surface area contributed by atoms with Gasteiger partial charge in [0.25, 0.3) is 0 Å². The van der Waals surface area contributed by atoms with Crippen LogP contribution in [0.2, 0.25) is 10.3 Å². The van der Waals surface area contributed by atoms with E-state index in [4.69, 9.17) is 28.9 Å². The molecule has 0 aliphatic heterocycles. The number of hydrogen-bond donors (Lipinski definition) is 1. The molecule has 0 radical (unpaired) electrons. The van der Waals surface area contributed by atoms with Crippen molar-refractivity contribution in [3.63, 3.8) is 0 Å². The molecule has 0 saturated heterocycles. The van der Waals surface area contributed by atoms with E-state index >= 15 is 0 Å². The lowest BCUT2D eigenvalue weighted by Crippen LogP contribution is -1.97. The third-order valence-electron chi connectivity index (χ3n) is 0.797. The molecule has 3 nitrogen and oxygen atoms in total. The number of aromatic nitrogens is 2. The highest BCUT2D eigenvalue weighted by molar-refractivity contribution is 14.1. The highest BCUT2D eigenvalue weighted by Crippen LogP contribution is 2.20. The van der Waals surface area contributed by atoms with Crippen LogP contribution in [0, 0.1) is 3.70 Å². The lowest BCUT2D eigenvalue weighted by atomic mass is 10.7. The number of rotatable bonds is 0. The van der Waals surface area contributed by atoms with Gasteiger partial charge in [0.15, 0.2) is 16.1 Å². The van der Waals surface area contributed by atoms with Gasteiger partial charge in [-0.2, -0.15) is 0 Å². The average molecular weight is 290 g/mol. The second kappa shape index (κ2) is 3.06. The molecule has 1 heterocycles. The Balaban J connectivity index is 3.28. The zero-order chi connectivity index (χ0) is 7.72. The van der Waals surface area contributed by atoms with Crippen LogP contribution in [0.5, 0.6) is 0 Å². The quantitative estimate of drug-likeness (QED) is 0.743. The summed E-state index contributed by atoms with van der Waals surface area (Å²) in [7, 11) is 0. The van der Waals surface area contributed by atoms with E-state index in [0.717, 1.165) is 0 Å². The molecule has 10 heavy (non-hydrogen) atoms. The predicted molar refractivity (Wildman–Crippen MR) is 49.2 cm³/mol. The summed E-state index contributed by atoms with van der Waals surface area (Å²) < 4.78 is 0.562. The number of nitrogens with two attached hydrogens (primary N) is 1. The highest BCUT2D eigenvalue weighted by atomic mass is 127. The van der Waals surface area contributed by atoms with E-state index < -0.39 is 0 Å². The molecular formula is C4H2Cl2IN3. The summed E-state index contributed by atoms with van der Waals surface area (Å²) in [6, 6.07) is 0. The number of hydrogen-bond acceptors (Lipinski definition) is 3. The van der Waals surface area contributed by atoms with Crippen LogP contribution in [0.4, 0.5) is 5.82 Å². The van der Waals surface area contributed by atoms with Crippen molar-refractivity contribution in [2.24, 2.45) is 0 Å². The van der Waals surface area contributed by atoms with Gasteiger partial charge in [-0.3, -0.25) is 0 Å². The van der Waals surface area contributed by atoms with Crippen molar-refractivity contribution >= 4 is 51.6 Å². The van der Waals surface area contributed by atoms with Gasteiger partial charge >= 0.3 is 0 Å². The third-order valence-corrected chi connectivity index (χ3v) is 2.21. The fourth-order valence-electron chi connectivity index (χ4n) is 0.388. The molecule has 1 aromatic heterocycles. The van der Waals surface area contributed by atoms with Crippen molar-refractivity contribution < 1.29 is 0 Å². The Labute approximate surface area is 81.1 Å². The largest absolute Gasteiger partial charge is 0.381 e.